The molecule has 1 atom stereocenters. The van der Waals surface area contributed by atoms with Gasteiger partial charge in [0.1, 0.15) is 0 Å². The first-order valence-corrected chi connectivity index (χ1v) is 5.56. The molecule has 2 rings (SSSR count). The zero-order valence-electron chi connectivity index (χ0n) is 8.09. The van der Waals surface area contributed by atoms with Crippen LogP contribution in [0, 0.1) is 0 Å². The minimum Gasteiger partial charge on any atom is -0.354 e. The van der Waals surface area contributed by atoms with E-state index in [0.29, 0.717) is 0 Å². The first-order chi connectivity index (χ1) is 6.33. The molecule has 13 heavy (non-hydrogen) atoms. The third kappa shape index (κ3) is 1.62. The van der Waals surface area contributed by atoms with Crippen molar-refractivity contribution in [3.05, 3.63) is 23.5 Å². The standard InChI is InChI=1S/C11H16ClN/c1-13-8-6-10-9(5-7-12)3-2-4-11(10)13/h6,8-9H,2-5,7H2,1H3. The lowest BCUT2D eigenvalue weighted by molar-refractivity contribution is 0.529. The van der Waals surface area contributed by atoms with Gasteiger partial charge in [0.25, 0.3) is 0 Å². The summed E-state index contributed by atoms with van der Waals surface area (Å²) in [5.74, 6) is 1.52. The lowest BCUT2D eigenvalue weighted by Crippen LogP contribution is -2.11. The number of aromatic nitrogens is 1. The van der Waals surface area contributed by atoms with Crippen molar-refractivity contribution in [2.24, 2.45) is 7.05 Å². The van der Waals surface area contributed by atoms with Crippen molar-refractivity contribution in [2.45, 2.75) is 31.6 Å². The predicted octanol–water partition coefficient (Wildman–Crippen LogP) is 3.07. The molecule has 0 spiro atoms. The zero-order valence-corrected chi connectivity index (χ0v) is 8.85. The summed E-state index contributed by atoms with van der Waals surface area (Å²) in [7, 11) is 2.14. The van der Waals surface area contributed by atoms with Gasteiger partial charge in [0.2, 0.25) is 0 Å². The van der Waals surface area contributed by atoms with Crippen LogP contribution < -0.4 is 0 Å². The van der Waals surface area contributed by atoms with Crippen LogP contribution in [-0.4, -0.2) is 10.4 Å². The smallest absolute Gasteiger partial charge is 0.0229 e. The third-order valence-electron chi connectivity index (χ3n) is 3.10. The lowest BCUT2D eigenvalue weighted by Gasteiger charge is -2.22. The molecule has 1 aliphatic carbocycles. The molecular weight excluding hydrogens is 182 g/mol. The SMILES string of the molecule is Cn1ccc2c1CCCC2CCCl. The minimum atomic E-state index is 0.724. The van der Waals surface area contributed by atoms with Gasteiger partial charge in [0.05, 0.1) is 0 Å². The van der Waals surface area contributed by atoms with E-state index in [4.69, 9.17) is 11.6 Å². The first kappa shape index (κ1) is 9.14. The number of nitrogens with zero attached hydrogens (tertiary/aromatic N) is 1. The maximum absolute atomic E-state index is 5.80. The van der Waals surface area contributed by atoms with Crippen LogP contribution in [0.25, 0.3) is 0 Å². The highest BCUT2D eigenvalue weighted by atomic mass is 35.5. The molecule has 1 nitrogen and oxygen atoms in total. The van der Waals surface area contributed by atoms with Crippen molar-refractivity contribution in [3.63, 3.8) is 0 Å². The van der Waals surface area contributed by atoms with Gasteiger partial charge in [0, 0.05) is 24.8 Å². The van der Waals surface area contributed by atoms with Crippen LogP contribution in [0.15, 0.2) is 12.3 Å². The van der Waals surface area contributed by atoms with Crippen molar-refractivity contribution < 1.29 is 0 Å². The Balaban J connectivity index is 2.27. The fourth-order valence-corrected chi connectivity index (χ4v) is 2.64. The van der Waals surface area contributed by atoms with E-state index in [1.165, 1.54) is 25.0 Å². The van der Waals surface area contributed by atoms with Crippen molar-refractivity contribution in [1.29, 1.82) is 0 Å². The molecule has 0 radical (unpaired) electrons. The van der Waals surface area contributed by atoms with Gasteiger partial charge in [-0.25, -0.2) is 0 Å². The van der Waals surface area contributed by atoms with Gasteiger partial charge < -0.3 is 4.57 Å². The summed E-state index contributed by atoms with van der Waals surface area (Å²) in [4.78, 5) is 0. The topological polar surface area (TPSA) is 4.93 Å². The fourth-order valence-electron chi connectivity index (χ4n) is 2.38. The second kappa shape index (κ2) is 3.75. The minimum absolute atomic E-state index is 0.724. The normalized spacial score (nSPS) is 21.5. The summed E-state index contributed by atoms with van der Waals surface area (Å²) >= 11 is 5.80. The summed E-state index contributed by atoms with van der Waals surface area (Å²) in [6, 6.07) is 2.27. The monoisotopic (exact) mass is 197 g/mol. The predicted molar refractivity (Wildman–Crippen MR) is 56.4 cm³/mol. The highest BCUT2D eigenvalue weighted by Crippen LogP contribution is 2.34. The summed E-state index contributed by atoms with van der Waals surface area (Å²) < 4.78 is 2.26. The number of aryl methyl sites for hydroxylation is 1. The molecule has 1 aliphatic rings. The average Bonchev–Trinajstić information content (AvgIpc) is 2.50. The summed E-state index contributed by atoms with van der Waals surface area (Å²) in [5.41, 5.74) is 3.08. The van der Waals surface area contributed by atoms with Crippen LogP contribution >= 0.6 is 11.6 Å². The van der Waals surface area contributed by atoms with E-state index in [2.05, 4.69) is 23.9 Å². The summed E-state index contributed by atoms with van der Waals surface area (Å²) in [6.45, 7) is 0. The largest absolute Gasteiger partial charge is 0.354 e. The van der Waals surface area contributed by atoms with E-state index in [-0.39, 0.29) is 0 Å². The van der Waals surface area contributed by atoms with Crippen LogP contribution in [0.1, 0.15) is 36.4 Å². The van der Waals surface area contributed by atoms with Crippen molar-refractivity contribution in [3.8, 4) is 0 Å². The number of hydrogen-bond acceptors (Lipinski definition) is 0. The van der Waals surface area contributed by atoms with Gasteiger partial charge >= 0.3 is 0 Å². The van der Waals surface area contributed by atoms with E-state index >= 15 is 0 Å². The Morgan fingerprint density at radius 1 is 1.62 bits per heavy atom. The van der Waals surface area contributed by atoms with Crippen molar-refractivity contribution in [2.75, 3.05) is 5.88 Å². The number of hydrogen-bond donors (Lipinski definition) is 0. The molecule has 1 heterocycles. The molecule has 0 aliphatic heterocycles. The Hall–Kier alpha value is -0.430. The third-order valence-corrected chi connectivity index (χ3v) is 3.32. The number of alkyl halides is 1. The van der Waals surface area contributed by atoms with Gasteiger partial charge in [0.15, 0.2) is 0 Å². The molecule has 0 bridgehead atoms. The van der Waals surface area contributed by atoms with E-state index in [9.17, 15) is 0 Å². The Kier molecular flexibility index (Phi) is 2.63. The van der Waals surface area contributed by atoms with E-state index in [1.54, 1.807) is 5.56 Å². The number of halogens is 1. The fraction of sp³-hybridized carbons (Fsp3) is 0.636. The first-order valence-electron chi connectivity index (χ1n) is 5.03. The van der Waals surface area contributed by atoms with Gasteiger partial charge in [-0.05, 0) is 43.2 Å². The molecule has 0 fully saturated rings. The Morgan fingerprint density at radius 2 is 2.46 bits per heavy atom. The molecule has 0 amide bonds. The van der Waals surface area contributed by atoms with E-state index in [1.807, 2.05) is 0 Å². The molecule has 72 valence electrons. The molecule has 1 aromatic rings. The Morgan fingerprint density at radius 3 is 3.23 bits per heavy atom. The second-order valence-corrected chi connectivity index (χ2v) is 4.27. The van der Waals surface area contributed by atoms with Crippen LogP contribution in [0.5, 0.6) is 0 Å². The second-order valence-electron chi connectivity index (χ2n) is 3.90. The molecule has 1 aromatic heterocycles. The number of rotatable bonds is 2. The zero-order chi connectivity index (χ0) is 9.26. The van der Waals surface area contributed by atoms with Crippen LogP contribution in [0.4, 0.5) is 0 Å². The quantitative estimate of drug-likeness (QED) is 0.643. The molecule has 1 unspecified atom stereocenters. The molecule has 0 N–H and O–H groups in total. The van der Waals surface area contributed by atoms with E-state index in [0.717, 1.165) is 18.2 Å². The molecule has 0 saturated carbocycles. The molecular formula is C11H16ClN. The van der Waals surface area contributed by atoms with Crippen LogP contribution in [-0.2, 0) is 13.5 Å². The molecule has 2 heteroatoms. The van der Waals surface area contributed by atoms with Crippen molar-refractivity contribution in [1.82, 2.24) is 4.57 Å². The van der Waals surface area contributed by atoms with Crippen molar-refractivity contribution >= 4 is 11.6 Å². The average molecular weight is 198 g/mol. The maximum Gasteiger partial charge on any atom is 0.0229 e. The lowest BCUT2D eigenvalue weighted by atomic mass is 9.85. The summed E-state index contributed by atoms with van der Waals surface area (Å²) in [5, 5.41) is 0. The van der Waals surface area contributed by atoms with E-state index < -0.39 is 0 Å². The maximum atomic E-state index is 5.80. The van der Waals surface area contributed by atoms with Crippen LogP contribution in [0.2, 0.25) is 0 Å². The number of fused-ring (bicyclic) bond motifs is 1. The van der Waals surface area contributed by atoms with Gasteiger partial charge in [-0.1, -0.05) is 0 Å². The Bertz CT molecular complexity index is 290. The Labute approximate surface area is 84.7 Å². The summed E-state index contributed by atoms with van der Waals surface area (Å²) in [6.07, 6.45) is 7.21. The van der Waals surface area contributed by atoms with Gasteiger partial charge in [-0.3, -0.25) is 0 Å². The molecule has 0 aromatic carbocycles. The van der Waals surface area contributed by atoms with Crippen LogP contribution in [0.3, 0.4) is 0 Å². The highest BCUT2D eigenvalue weighted by Gasteiger charge is 2.21. The van der Waals surface area contributed by atoms with Gasteiger partial charge in [-0.2, -0.15) is 0 Å². The highest BCUT2D eigenvalue weighted by molar-refractivity contribution is 6.17. The van der Waals surface area contributed by atoms with Gasteiger partial charge in [-0.15, -0.1) is 11.6 Å². The molecule has 0 saturated heterocycles.